The van der Waals surface area contributed by atoms with Crippen LogP contribution >= 0.6 is 0 Å². The average Bonchev–Trinajstić information content (AvgIpc) is 2.74. The smallest absolute Gasteiger partial charge is 0.271 e. The van der Waals surface area contributed by atoms with Gasteiger partial charge >= 0.3 is 0 Å². The third-order valence-electron chi connectivity index (χ3n) is 4.94. The van der Waals surface area contributed by atoms with Crippen molar-refractivity contribution in [1.82, 2.24) is 0 Å². The van der Waals surface area contributed by atoms with Gasteiger partial charge in [0.1, 0.15) is 0 Å². The van der Waals surface area contributed by atoms with Crippen LogP contribution in [0.4, 0.5) is 17.1 Å². The number of aryl methyl sites for hydroxylation is 2. The van der Waals surface area contributed by atoms with Crippen LogP contribution in [-0.4, -0.2) is 25.5 Å². The number of amides is 1. The summed E-state index contributed by atoms with van der Waals surface area (Å²) in [7, 11) is -3.56. The van der Waals surface area contributed by atoms with E-state index in [1.807, 2.05) is 31.2 Å². The second-order valence-electron chi connectivity index (χ2n) is 7.51. The van der Waals surface area contributed by atoms with Gasteiger partial charge in [-0.3, -0.25) is 19.2 Å². The maximum absolute atomic E-state index is 12.6. The first-order valence-electron chi connectivity index (χ1n) is 9.74. The van der Waals surface area contributed by atoms with E-state index in [0.29, 0.717) is 22.5 Å². The van der Waals surface area contributed by atoms with Crippen molar-refractivity contribution in [2.24, 2.45) is 0 Å². The zero-order valence-corrected chi connectivity index (χ0v) is 18.7. The van der Waals surface area contributed by atoms with Crippen molar-refractivity contribution in [3.8, 4) is 0 Å². The third-order valence-corrected chi connectivity index (χ3v) is 6.09. The molecule has 1 N–H and O–H groups in total. The molecule has 3 aromatic carbocycles. The minimum atomic E-state index is -3.56. The van der Waals surface area contributed by atoms with Gasteiger partial charge in [-0.2, -0.15) is 0 Å². The molecular weight excluding hydrogens is 430 g/mol. The average molecular weight is 454 g/mol. The van der Waals surface area contributed by atoms with Crippen molar-refractivity contribution in [2.45, 2.75) is 20.4 Å². The lowest BCUT2D eigenvalue weighted by atomic mass is 10.1. The second-order valence-corrected chi connectivity index (χ2v) is 9.42. The number of carbonyl (C=O) groups is 1. The van der Waals surface area contributed by atoms with E-state index < -0.39 is 20.9 Å². The van der Waals surface area contributed by atoms with Crippen molar-refractivity contribution in [3.05, 3.63) is 99.1 Å². The van der Waals surface area contributed by atoms with E-state index in [-0.39, 0.29) is 12.2 Å². The number of carbonyl (C=O) groups excluding carboxylic acids is 1. The number of nitro groups is 1. The predicted octanol–water partition coefficient (Wildman–Crippen LogP) is 4.43. The highest BCUT2D eigenvalue weighted by Gasteiger charge is 2.19. The van der Waals surface area contributed by atoms with E-state index in [1.165, 1.54) is 28.6 Å². The summed E-state index contributed by atoms with van der Waals surface area (Å²) >= 11 is 0. The molecule has 3 rings (SSSR count). The third kappa shape index (κ3) is 5.50. The molecule has 9 heteroatoms. The van der Waals surface area contributed by atoms with Gasteiger partial charge in [-0.1, -0.05) is 35.9 Å². The maximum atomic E-state index is 12.6. The molecule has 3 aromatic rings. The van der Waals surface area contributed by atoms with Crippen molar-refractivity contribution < 1.29 is 18.1 Å². The van der Waals surface area contributed by atoms with E-state index in [0.717, 1.165) is 17.4 Å². The quantitative estimate of drug-likeness (QED) is 0.420. The highest BCUT2D eigenvalue weighted by molar-refractivity contribution is 7.92. The fraction of sp³-hybridized carbons (Fsp3) is 0.174. The standard InChI is InChI=1S/C23H23N3O5S/c1-16-4-7-18(8-5-16)15-25(32(3,30)31)20-12-9-19(10-13-20)23(27)24-22-14-21(26(28)29)11-6-17(22)2/h4-14H,15H2,1-3H3,(H,24,27). The largest absolute Gasteiger partial charge is 0.321 e. The molecule has 32 heavy (non-hydrogen) atoms. The van der Waals surface area contributed by atoms with Gasteiger partial charge in [0.15, 0.2) is 0 Å². The van der Waals surface area contributed by atoms with Gasteiger partial charge in [0.2, 0.25) is 10.0 Å². The van der Waals surface area contributed by atoms with E-state index in [9.17, 15) is 23.3 Å². The van der Waals surface area contributed by atoms with Crippen LogP contribution in [0, 0.1) is 24.0 Å². The summed E-state index contributed by atoms with van der Waals surface area (Å²) in [5.41, 5.74) is 3.53. The number of non-ortho nitro benzene ring substituents is 1. The Morgan fingerprint density at radius 1 is 1.00 bits per heavy atom. The van der Waals surface area contributed by atoms with Crippen LogP contribution in [-0.2, 0) is 16.6 Å². The zero-order chi connectivity index (χ0) is 23.5. The molecule has 1 amide bonds. The maximum Gasteiger partial charge on any atom is 0.271 e. The lowest BCUT2D eigenvalue weighted by Gasteiger charge is -2.23. The minimum absolute atomic E-state index is 0.124. The monoisotopic (exact) mass is 453 g/mol. The van der Waals surface area contributed by atoms with Crippen molar-refractivity contribution in [2.75, 3.05) is 15.9 Å². The molecule has 0 atom stereocenters. The summed E-state index contributed by atoms with van der Waals surface area (Å²) in [6.07, 6.45) is 1.13. The normalized spacial score (nSPS) is 11.1. The second kappa shape index (κ2) is 9.19. The number of nitro benzene ring substituents is 1. The summed E-state index contributed by atoms with van der Waals surface area (Å²) < 4.78 is 26.0. The van der Waals surface area contributed by atoms with Crippen molar-refractivity contribution >= 4 is 33.0 Å². The van der Waals surface area contributed by atoms with Crippen LogP contribution in [0.1, 0.15) is 27.0 Å². The van der Waals surface area contributed by atoms with Gasteiger partial charge in [0.25, 0.3) is 11.6 Å². The molecule has 0 fully saturated rings. The molecular formula is C23H23N3O5S. The van der Waals surface area contributed by atoms with Crippen LogP contribution in [0.5, 0.6) is 0 Å². The molecule has 0 radical (unpaired) electrons. The Bertz CT molecular complexity index is 1250. The van der Waals surface area contributed by atoms with Crippen LogP contribution in [0.15, 0.2) is 66.7 Å². The highest BCUT2D eigenvalue weighted by Crippen LogP contribution is 2.24. The Hall–Kier alpha value is -3.72. The fourth-order valence-electron chi connectivity index (χ4n) is 3.09. The number of hydrogen-bond donors (Lipinski definition) is 1. The van der Waals surface area contributed by atoms with Gasteiger partial charge < -0.3 is 5.32 Å². The van der Waals surface area contributed by atoms with Crippen molar-refractivity contribution in [3.63, 3.8) is 0 Å². The zero-order valence-electron chi connectivity index (χ0n) is 17.9. The van der Waals surface area contributed by atoms with Crippen LogP contribution < -0.4 is 9.62 Å². The summed E-state index contributed by atoms with van der Waals surface area (Å²) in [5.74, 6) is -0.454. The molecule has 8 nitrogen and oxygen atoms in total. The van der Waals surface area contributed by atoms with Gasteiger partial charge in [0.05, 0.1) is 29.1 Å². The number of benzene rings is 3. The van der Waals surface area contributed by atoms with Crippen LogP contribution in [0.3, 0.4) is 0 Å². The number of sulfonamides is 1. The molecule has 0 bridgehead atoms. The van der Waals surface area contributed by atoms with Gasteiger partial charge in [0, 0.05) is 17.7 Å². The summed E-state index contributed by atoms with van der Waals surface area (Å²) in [6.45, 7) is 3.85. The molecule has 166 valence electrons. The van der Waals surface area contributed by atoms with Gasteiger partial charge in [-0.05, 0) is 49.2 Å². The topological polar surface area (TPSA) is 110 Å². The molecule has 0 aliphatic carbocycles. The molecule has 0 saturated heterocycles. The minimum Gasteiger partial charge on any atom is -0.321 e. The predicted molar refractivity (Wildman–Crippen MR) is 124 cm³/mol. The molecule has 0 spiro atoms. The first-order valence-corrected chi connectivity index (χ1v) is 11.6. The number of rotatable bonds is 7. The molecule has 0 aliphatic rings. The van der Waals surface area contributed by atoms with Gasteiger partial charge in [-0.15, -0.1) is 0 Å². The first-order chi connectivity index (χ1) is 15.0. The van der Waals surface area contributed by atoms with Crippen LogP contribution in [0.25, 0.3) is 0 Å². The summed E-state index contributed by atoms with van der Waals surface area (Å²) in [4.78, 5) is 23.1. The van der Waals surface area contributed by atoms with Crippen molar-refractivity contribution in [1.29, 1.82) is 0 Å². The van der Waals surface area contributed by atoms with Gasteiger partial charge in [-0.25, -0.2) is 8.42 Å². The summed E-state index contributed by atoms with van der Waals surface area (Å²) in [5, 5.41) is 13.7. The number of hydrogen-bond acceptors (Lipinski definition) is 5. The number of nitrogens with zero attached hydrogens (tertiary/aromatic N) is 2. The Morgan fingerprint density at radius 3 is 2.19 bits per heavy atom. The van der Waals surface area contributed by atoms with E-state index in [1.54, 1.807) is 25.1 Å². The molecule has 0 aromatic heterocycles. The highest BCUT2D eigenvalue weighted by atomic mass is 32.2. The Labute approximate surface area is 186 Å². The van der Waals surface area contributed by atoms with E-state index in [4.69, 9.17) is 0 Å². The molecule has 0 aliphatic heterocycles. The Morgan fingerprint density at radius 2 is 1.62 bits per heavy atom. The first kappa shape index (κ1) is 23.0. The number of anilines is 2. The van der Waals surface area contributed by atoms with E-state index in [2.05, 4.69) is 5.32 Å². The lowest BCUT2D eigenvalue weighted by Crippen LogP contribution is -2.29. The SMILES string of the molecule is Cc1ccc(CN(c2ccc(C(=O)Nc3cc([N+](=O)[O-])ccc3C)cc2)S(C)(=O)=O)cc1. The van der Waals surface area contributed by atoms with E-state index >= 15 is 0 Å². The lowest BCUT2D eigenvalue weighted by molar-refractivity contribution is -0.384. The van der Waals surface area contributed by atoms with Crippen LogP contribution in [0.2, 0.25) is 0 Å². The fourth-order valence-corrected chi connectivity index (χ4v) is 3.98. The molecule has 0 unspecified atom stereocenters. The molecule has 0 saturated carbocycles. The molecule has 0 heterocycles. The Balaban J connectivity index is 1.82. The summed E-state index contributed by atoms with van der Waals surface area (Å²) in [6, 6.07) is 18.0. The Kier molecular flexibility index (Phi) is 6.59. The number of nitrogens with one attached hydrogen (secondary N) is 1.